The van der Waals surface area contributed by atoms with E-state index in [9.17, 15) is 0 Å². The van der Waals surface area contributed by atoms with Gasteiger partial charge in [0, 0.05) is 23.7 Å². The van der Waals surface area contributed by atoms with Crippen LogP contribution in [0.1, 0.15) is 18.4 Å². The van der Waals surface area contributed by atoms with Gasteiger partial charge in [0.2, 0.25) is 0 Å². The first-order valence-corrected chi connectivity index (χ1v) is 6.20. The molecule has 1 aliphatic rings. The summed E-state index contributed by atoms with van der Waals surface area (Å²) >= 11 is 11.1. The summed E-state index contributed by atoms with van der Waals surface area (Å²) < 4.78 is 5.52. The first-order chi connectivity index (χ1) is 7.75. The van der Waals surface area contributed by atoms with Gasteiger partial charge in [0.1, 0.15) is 4.99 Å². The molecule has 1 N–H and O–H groups in total. The Morgan fingerprint density at radius 1 is 1.44 bits per heavy atom. The lowest BCUT2D eigenvalue weighted by molar-refractivity contribution is 0.114. The average molecular weight is 256 g/mol. The quantitative estimate of drug-likeness (QED) is 0.840. The fourth-order valence-corrected chi connectivity index (χ4v) is 2.06. The van der Waals surface area contributed by atoms with Crippen molar-refractivity contribution in [3.8, 4) is 0 Å². The van der Waals surface area contributed by atoms with Crippen molar-refractivity contribution in [2.45, 2.75) is 18.9 Å². The van der Waals surface area contributed by atoms with E-state index in [1.807, 2.05) is 24.3 Å². The van der Waals surface area contributed by atoms with Crippen LogP contribution in [0, 0.1) is 0 Å². The summed E-state index contributed by atoms with van der Waals surface area (Å²) in [7, 11) is 0. The van der Waals surface area contributed by atoms with Crippen LogP contribution in [0.5, 0.6) is 0 Å². The Morgan fingerprint density at radius 3 is 2.81 bits per heavy atom. The zero-order chi connectivity index (χ0) is 11.4. The maximum Gasteiger partial charge on any atom is 0.106 e. The predicted octanol–water partition coefficient (Wildman–Crippen LogP) is 2.78. The van der Waals surface area contributed by atoms with E-state index < -0.39 is 0 Å². The summed E-state index contributed by atoms with van der Waals surface area (Å²) in [6.45, 7) is 1.67. The second-order valence-corrected chi connectivity index (χ2v) is 4.70. The van der Waals surface area contributed by atoms with Gasteiger partial charge in [0.25, 0.3) is 0 Å². The fraction of sp³-hybridized carbons (Fsp3) is 0.417. The van der Waals surface area contributed by atoms with E-state index in [1.54, 1.807) is 0 Å². The van der Waals surface area contributed by atoms with Crippen molar-refractivity contribution < 1.29 is 4.74 Å². The number of rotatable bonds is 3. The molecule has 2 nitrogen and oxygen atoms in total. The SMILES string of the molecule is S=C(NC[C@H]1CCCO1)c1ccc(Cl)cc1. The second-order valence-electron chi connectivity index (χ2n) is 3.85. The Labute approximate surface area is 106 Å². The van der Waals surface area contributed by atoms with Gasteiger partial charge >= 0.3 is 0 Å². The molecular weight excluding hydrogens is 242 g/mol. The summed E-state index contributed by atoms with van der Waals surface area (Å²) in [6.07, 6.45) is 2.58. The molecule has 4 heteroatoms. The number of nitrogens with one attached hydrogen (secondary N) is 1. The van der Waals surface area contributed by atoms with Gasteiger partial charge in [-0.15, -0.1) is 0 Å². The highest BCUT2D eigenvalue weighted by molar-refractivity contribution is 7.80. The molecule has 1 aromatic carbocycles. The molecule has 1 atom stereocenters. The summed E-state index contributed by atoms with van der Waals surface area (Å²) in [4.78, 5) is 0.757. The van der Waals surface area contributed by atoms with Crippen LogP contribution in [0.2, 0.25) is 5.02 Å². The van der Waals surface area contributed by atoms with E-state index >= 15 is 0 Å². The lowest BCUT2D eigenvalue weighted by Gasteiger charge is -2.12. The minimum atomic E-state index is 0.310. The lowest BCUT2D eigenvalue weighted by atomic mass is 10.2. The van der Waals surface area contributed by atoms with Gasteiger partial charge in [-0.25, -0.2) is 0 Å². The van der Waals surface area contributed by atoms with E-state index in [0.717, 1.165) is 41.6 Å². The third-order valence-corrected chi connectivity index (χ3v) is 3.25. The van der Waals surface area contributed by atoms with Gasteiger partial charge in [-0.1, -0.05) is 36.0 Å². The van der Waals surface area contributed by atoms with E-state index in [-0.39, 0.29) is 0 Å². The number of thiocarbonyl (C=S) groups is 1. The average Bonchev–Trinajstić information content (AvgIpc) is 2.80. The van der Waals surface area contributed by atoms with Crippen molar-refractivity contribution in [3.63, 3.8) is 0 Å². The van der Waals surface area contributed by atoms with Gasteiger partial charge < -0.3 is 10.1 Å². The van der Waals surface area contributed by atoms with Gasteiger partial charge in [-0.3, -0.25) is 0 Å². The summed E-state index contributed by atoms with van der Waals surface area (Å²) in [5.74, 6) is 0. The van der Waals surface area contributed by atoms with Crippen molar-refractivity contribution in [1.29, 1.82) is 0 Å². The highest BCUT2D eigenvalue weighted by Crippen LogP contribution is 2.12. The molecule has 0 amide bonds. The van der Waals surface area contributed by atoms with E-state index in [0.29, 0.717) is 6.10 Å². The highest BCUT2D eigenvalue weighted by Gasteiger charge is 2.15. The molecule has 0 spiro atoms. The molecule has 2 rings (SSSR count). The van der Waals surface area contributed by atoms with Crippen LogP contribution in [0.25, 0.3) is 0 Å². The van der Waals surface area contributed by atoms with Crippen LogP contribution in [-0.2, 0) is 4.74 Å². The Morgan fingerprint density at radius 2 is 2.19 bits per heavy atom. The normalized spacial score (nSPS) is 19.7. The minimum absolute atomic E-state index is 0.310. The Hall–Kier alpha value is -0.640. The van der Waals surface area contributed by atoms with Crippen molar-refractivity contribution in [2.75, 3.05) is 13.2 Å². The number of ether oxygens (including phenoxy) is 1. The Bertz CT molecular complexity index is 360. The smallest absolute Gasteiger partial charge is 0.106 e. The number of halogens is 1. The molecule has 0 unspecified atom stereocenters. The van der Waals surface area contributed by atoms with Crippen molar-refractivity contribution >= 4 is 28.8 Å². The fourth-order valence-electron chi connectivity index (χ4n) is 1.72. The molecule has 0 aliphatic carbocycles. The molecule has 1 fully saturated rings. The molecule has 86 valence electrons. The zero-order valence-corrected chi connectivity index (χ0v) is 10.5. The van der Waals surface area contributed by atoms with Crippen LogP contribution in [-0.4, -0.2) is 24.2 Å². The Balaban J connectivity index is 1.85. The molecule has 0 saturated carbocycles. The van der Waals surface area contributed by atoms with E-state index in [4.69, 9.17) is 28.6 Å². The first kappa shape index (κ1) is 11.8. The number of hydrogen-bond acceptors (Lipinski definition) is 2. The number of benzene rings is 1. The van der Waals surface area contributed by atoms with Crippen LogP contribution in [0.15, 0.2) is 24.3 Å². The van der Waals surface area contributed by atoms with Gasteiger partial charge in [0.05, 0.1) is 6.10 Å². The largest absolute Gasteiger partial charge is 0.376 e. The van der Waals surface area contributed by atoms with Crippen LogP contribution >= 0.6 is 23.8 Å². The van der Waals surface area contributed by atoms with Gasteiger partial charge in [-0.2, -0.15) is 0 Å². The summed E-state index contributed by atoms with van der Waals surface area (Å²) in [5, 5.41) is 3.95. The standard InChI is InChI=1S/C12H14ClNOS/c13-10-5-3-9(4-6-10)12(16)14-8-11-2-1-7-15-11/h3-6,11H,1-2,7-8H2,(H,14,16)/t11-/m1/s1. The van der Waals surface area contributed by atoms with Crippen LogP contribution in [0.3, 0.4) is 0 Å². The molecule has 0 radical (unpaired) electrons. The molecule has 0 bridgehead atoms. The first-order valence-electron chi connectivity index (χ1n) is 5.41. The van der Waals surface area contributed by atoms with E-state index in [1.165, 1.54) is 0 Å². The highest BCUT2D eigenvalue weighted by atomic mass is 35.5. The van der Waals surface area contributed by atoms with Crippen molar-refractivity contribution in [2.24, 2.45) is 0 Å². The maximum atomic E-state index is 5.81. The van der Waals surface area contributed by atoms with Crippen molar-refractivity contribution in [1.82, 2.24) is 5.32 Å². The molecule has 1 saturated heterocycles. The predicted molar refractivity (Wildman–Crippen MR) is 70.1 cm³/mol. The molecule has 1 aromatic rings. The second kappa shape index (κ2) is 5.62. The molecule has 16 heavy (non-hydrogen) atoms. The zero-order valence-electron chi connectivity index (χ0n) is 8.91. The monoisotopic (exact) mass is 255 g/mol. The van der Waals surface area contributed by atoms with Gasteiger partial charge in [0.15, 0.2) is 0 Å². The topological polar surface area (TPSA) is 21.3 Å². The molecule has 1 heterocycles. The maximum absolute atomic E-state index is 5.81. The minimum Gasteiger partial charge on any atom is -0.376 e. The Kier molecular flexibility index (Phi) is 4.16. The van der Waals surface area contributed by atoms with E-state index in [2.05, 4.69) is 5.32 Å². The van der Waals surface area contributed by atoms with Crippen molar-refractivity contribution in [3.05, 3.63) is 34.9 Å². The molecule has 1 aliphatic heterocycles. The lowest BCUT2D eigenvalue weighted by Crippen LogP contribution is -2.31. The molecule has 0 aromatic heterocycles. The summed E-state index contributed by atoms with van der Waals surface area (Å²) in [5.41, 5.74) is 0.998. The third-order valence-electron chi connectivity index (χ3n) is 2.62. The number of hydrogen-bond donors (Lipinski definition) is 1. The summed E-state index contributed by atoms with van der Waals surface area (Å²) in [6, 6.07) is 7.54. The molecular formula is C12H14ClNOS. The third kappa shape index (κ3) is 3.17. The van der Waals surface area contributed by atoms with Gasteiger partial charge in [-0.05, 0) is 25.0 Å². The van der Waals surface area contributed by atoms with Crippen LogP contribution in [0.4, 0.5) is 0 Å². The van der Waals surface area contributed by atoms with Crippen LogP contribution < -0.4 is 5.32 Å².